The first-order valence-electron chi connectivity index (χ1n) is 5.97. The minimum absolute atomic E-state index is 0.293. The van der Waals surface area contributed by atoms with Gasteiger partial charge in [-0.05, 0) is 53.1 Å². The van der Waals surface area contributed by atoms with Crippen LogP contribution in [-0.2, 0) is 4.79 Å². The average molecular weight is 344 g/mol. The Morgan fingerprint density at radius 3 is 2.71 bits per heavy atom. The first-order valence-corrected chi connectivity index (χ1v) is 7.05. The summed E-state index contributed by atoms with van der Waals surface area (Å²) in [6.07, 6.45) is 4.78. The van der Waals surface area contributed by atoms with Gasteiger partial charge in [0.25, 0.3) is 0 Å². The molecule has 3 N–H and O–H groups in total. The Morgan fingerprint density at radius 2 is 2.12 bits per heavy atom. The van der Waals surface area contributed by atoms with E-state index in [2.05, 4.69) is 27.9 Å². The second kappa shape index (κ2) is 5.82. The number of hydrogen-bond acceptors (Lipinski definition) is 2. The van der Waals surface area contributed by atoms with Crippen molar-refractivity contribution in [2.45, 2.75) is 37.8 Å². The molecule has 4 heteroatoms. The van der Waals surface area contributed by atoms with Gasteiger partial charge in [-0.2, -0.15) is 0 Å². The largest absolute Gasteiger partial charge is 0.368 e. The summed E-state index contributed by atoms with van der Waals surface area (Å²) in [5.74, 6) is -0.293. The van der Waals surface area contributed by atoms with Crippen LogP contribution < -0.4 is 11.1 Å². The van der Waals surface area contributed by atoms with Crippen molar-refractivity contribution in [3.05, 3.63) is 33.4 Å². The van der Waals surface area contributed by atoms with E-state index in [1.165, 1.54) is 12.8 Å². The summed E-state index contributed by atoms with van der Waals surface area (Å²) in [7, 11) is 0. The quantitative estimate of drug-likeness (QED) is 0.824. The maximum atomic E-state index is 11.6. The van der Waals surface area contributed by atoms with Crippen molar-refractivity contribution in [3.63, 3.8) is 0 Å². The van der Waals surface area contributed by atoms with Gasteiger partial charge in [-0.15, -0.1) is 0 Å². The number of nitrogens with one attached hydrogen (secondary N) is 1. The topological polar surface area (TPSA) is 55.1 Å². The van der Waals surface area contributed by atoms with Gasteiger partial charge in [0.2, 0.25) is 5.91 Å². The lowest BCUT2D eigenvalue weighted by Crippen LogP contribution is -2.38. The fraction of sp³-hybridized carbons (Fsp3) is 0.462. The van der Waals surface area contributed by atoms with Crippen molar-refractivity contribution in [1.82, 2.24) is 5.32 Å². The minimum atomic E-state index is -0.354. The van der Waals surface area contributed by atoms with Crippen LogP contribution in [0.1, 0.15) is 37.3 Å². The number of hydrogen-bond donors (Lipinski definition) is 2. The van der Waals surface area contributed by atoms with E-state index in [-0.39, 0.29) is 11.9 Å². The second-order valence-electron chi connectivity index (χ2n) is 4.54. The normalized spacial score (nSPS) is 18.2. The van der Waals surface area contributed by atoms with Crippen LogP contribution in [0.4, 0.5) is 0 Å². The van der Waals surface area contributed by atoms with Crippen LogP contribution in [0.2, 0.25) is 0 Å². The molecule has 1 atom stereocenters. The fourth-order valence-corrected chi connectivity index (χ4v) is 2.92. The number of halogens is 1. The molecule has 0 aromatic heterocycles. The molecule has 1 aromatic rings. The molecule has 0 aliphatic heterocycles. The summed E-state index contributed by atoms with van der Waals surface area (Å²) in [6, 6.07) is 8.02. The number of carbonyl (C=O) groups excluding carboxylic acids is 1. The number of amides is 1. The maximum absolute atomic E-state index is 11.6. The molecule has 1 unspecified atom stereocenters. The van der Waals surface area contributed by atoms with Crippen molar-refractivity contribution < 1.29 is 4.79 Å². The molecule has 0 bridgehead atoms. The molecule has 0 radical (unpaired) electrons. The van der Waals surface area contributed by atoms with E-state index in [4.69, 9.17) is 5.73 Å². The molecule has 3 nitrogen and oxygen atoms in total. The highest BCUT2D eigenvalue weighted by Crippen LogP contribution is 2.23. The predicted molar refractivity (Wildman–Crippen MR) is 76.5 cm³/mol. The summed E-state index contributed by atoms with van der Waals surface area (Å²) in [5, 5.41) is 3.38. The van der Waals surface area contributed by atoms with Gasteiger partial charge in [-0.3, -0.25) is 10.1 Å². The number of carbonyl (C=O) groups is 1. The summed E-state index contributed by atoms with van der Waals surface area (Å²) in [6.45, 7) is 0. The van der Waals surface area contributed by atoms with E-state index >= 15 is 0 Å². The lowest BCUT2D eigenvalue weighted by molar-refractivity contribution is -0.120. The lowest BCUT2D eigenvalue weighted by atomic mass is 10.0. The highest BCUT2D eigenvalue weighted by Gasteiger charge is 2.23. The first kappa shape index (κ1) is 12.8. The third-order valence-corrected chi connectivity index (χ3v) is 3.90. The van der Waals surface area contributed by atoms with Crippen LogP contribution >= 0.6 is 22.6 Å². The van der Waals surface area contributed by atoms with Crippen LogP contribution in [0.25, 0.3) is 0 Å². The second-order valence-corrected chi connectivity index (χ2v) is 5.78. The molecule has 0 heterocycles. The molecule has 1 aromatic carbocycles. The van der Waals surface area contributed by atoms with Crippen LogP contribution in [0.3, 0.4) is 0 Å². The monoisotopic (exact) mass is 344 g/mol. The van der Waals surface area contributed by atoms with Crippen molar-refractivity contribution in [1.29, 1.82) is 0 Å². The van der Waals surface area contributed by atoms with Gasteiger partial charge >= 0.3 is 0 Å². The Bertz CT molecular complexity index is 402. The first-order chi connectivity index (χ1) is 8.16. The number of rotatable bonds is 4. The number of nitrogens with two attached hydrogens (primary N) is 1. The van der Waals surface area contributed by atoms with Crippen LogP contribution in [0, 0.1) is 3.57 Å². The van der Waals surface area contributed by atoms with Gasteiger partial charge in [0.15, 0.2) is 0 Å². The maximum Gasteiger partial charge on any atom is 0.239 e. The van der Waals surface area contributed by atoms with E-state index in [1.807, 2.05) is 24.3 Å². The Kier molecular flexibility index (Phi) is 4.39. The fourth-order valence-electron chi connectivity index (χ4n) is 2.36. The van der Waals surface area contributed by atoms with Crippen molar-refractivity contribution in [2.24, 2.45) is 5.73 Å². The molecule has 1 fully saturated rings. The van der Waals surface area contributed by atoms with Crippen molar-refractivity contribution in [2.75, 3.05) is 0 Å². The lowest BCUT2D eigenvalue weighted by Gasteiger charge is -2.20. The standard InChI is InChI=1S/C13H17IN2O/c14-10-5-3-4-9(8-10)12(13(15)17)16-11-6-1-2-7-11/h3-5,8,11-12,16H,1-2,6-7H2,(H2,15,17). The molecule has 1 aliphatic rings. The molecule has 17 heavy (non-hydrogen) atoms. The summed E-state index contributed by atoms with van der Waals surface area (Å²) in [5.41, 5.74) is 6.46. The Labute approximate surface area is 115 Å². The van der Waals surface area contributed by atoms with E-state index < -0.39 is 0 Å². The Hall–Kier alpha value is -0.620. The number of primary amides is 1. The van der Waals surface area contributed by atoms with Crippen LogP contribution in [-0.4, -0.2) is 11.9 Å². The predicted octanol–water partition coefficient (Wildman–Crippen LogP) is 2.35. The molecule has 1 saturated carbocycles. The molecule has 0 spiro atoms. The van der Waals surface area contributed by atoms with Gasteiger partial charge in [-0.1, -0.05) is 25.0 Å². The molecule has 2 rings (SSSR count). The van der Waals surface area contributed by atoms with Crippen molar-refractivity contribution >= 4 is 28.5 Å². The van der Waals surface area contributed by atoms with E-state index in [9.17, 15) is 4.79 Å². The van der Waals surface area contributed by atoms with E-state index in [0.717, 1.165) is 22.0 Å². The zero-order valence-electron chi connectivity index (χ0n) is 9.66. The molecule has 0 saturated heterocycles. The van der Waals surface area contributed by atoms with Gasteiger partial charge in [-0.25, -0.2) is 0 Å². The molecule has 1 aliphatic carbocycles. The number of benzene rings is 1. The Balaban J connectivity index is 2.13. The highest BCUT2D eigenvalue weighted by atomic mass is 127. The molecule has 92 valence electrons. The van der Waals surface area contributed by atoms with Crippen LogP contribution in [0.15, 0.2) is 24.3 Å². The van der Waals surface area contributed by atoms with Gasteiger partial charge < -0.3 is 5.73 Å². The SMILES string of the molecule is NC(=O)C(NC1CCCC1)c1cccc(I)c1. The van der Waals surface area contributed by atoms with Gasteiger partial charge in [0.1, 0.15) is 6.04 Å². The third kappa shape index (κ3) is 3.42. The zero-order chi connectivity index (χ0) is 12.3. The van der Waals surface area contributed by atoms with E-state index in [1.54, 1.807) is 0 Å². The summed E-state index contributed by atoms with van der Waals surface area (Å²) < 4.78 is 1.12. The smallest absolute Gasteiger partial charge is 0.239 e. The average Bonchev–Trinajstić information content (AvgIpc) is 2.78. The third-order valence-electron chi connectivity index (χ3n) is 3.22. The minimum Gasteiger partial charge on any atom is -0.368 e. The summed E-state index contributed by atoms with van der Waals surface area (Å²) in [4.78, 5) is 11.6. The van der Waals surface area contributed by atoms with Crippen LogP contribution in [0.5, 0.6) is 0 Å². The molecule has 1 amide bonds. The highest BCUT2D eigenvalue weighted by molar-refractivity contribution is 14.1. The molecular formula is C13H17IN2O. The molecular weight excluding hydrogens is 327 g/mol. The Morgan fingerprint density at radius 1 is 1.41 bits per heavy atom. The van der Waals surface area contributed by atoms with Gasteiger partial charge in [0, 0.05) is 9.61 Å². The van der Waals surface area contributed by atoms with Gasteiger partial charge in [0.05, 0.1) is 0 Å². The summed E-state index contributed by atoms with van der Waals surface area (Å²) >= 11 is 2.25. The van der Waals surface area contributed by atoms with Crippen molar-refractivity contribution in [3.8, 4) is 0 Å². The van der Waals surface area contributed by atoms with E-state index in [0.29, 0.717) is 6.04 Å². The zero-order valence-corrected chi connectivity index (χ0v) is 11.8.